The Morgan fingerprint density at radius 3 is 2.43 bits per heavy atom. The maximum atomic E-state index is 12.6. The Bertz CT molecular complexity index is 1250. The van der Waals surface area contributed by atoms with Crippen LogP contribution in [0, 0.1) is 0 Å². The Hall–Kier alpha value is -4.39. The SMILES string of the molecule is CC(C)c1ccc(/C=C/C(=O)Nc2ccc3c(c2)N(CC(=O)Nc2ccccc2)C(=O)CO3)cc1. The number of rotatable bonds is 7. The highest BCUT2D eigenvalue weighted by Gasteiger charge is 2.27. The molecule has 0 radical (unpaired) electrons. The summed E-state index contributed by atoms with van der Waals surface area (Å²) in [4.78, 5) is 38.9. The van der Waals surface area contributed by atoms with Crippen LogP contribution in [0.15, 0.2) is 78.9 Å². The molecule has 3 amide bonds. The highest BCUT2D eigenvalue weighted by molar-refractivity contribution is 6.06. The monoisotopic (exact) mass is 469 g/mol. The summed E-state index contributed by atoms with van der Waals surface area (Å²) in [5.41, 5.74) is 3.71. The quantitative estimate of drug-likeness (QED) is 0.486. The standard InChI is InChI=1S/C28H27N3O4/c1-19(2)21-11-8-20(9-12-21)10-15-26(32)30-23-13-14-25-24(16-23)31(28(34)18-35-25)17-27(33)29-22-6-4-3-5-7-22/h3-16,19H,17-18H2,1-2H3,(H,29,33)(H,30,32)/b15-10+. The van der Waals surface area contributed by atoms with E-state index in [0.29, 0.717) is 28.7 Å². The van der Waals surface area contributed by atoms with Gasteiger partial charge in [0, 0.05) is 17.5 Å². The van der Waals surface area contributed by atoms with E-state index in [0.717, 1.165) is 5.56 Å². The predicted molar refractivity (Wildman–Crippen MR) is 138 cm³/mol. The van der Waals surface area contributed by atoms with Gasteiger partial charge in [-0.05, 0) is 53.5 Å². The number of nitrogens with zero attached hydrogens (tertiary/aromatic N) is 1. The first kappa shape index (κ1) is 23.8. The van der Waals surface area contributed by atoms with E-state index < -0.39 is 0 Å². The molecular formula is C28H27N3O4. The molecule has 0 unspecified atom stereocenters. The van der Waals surface area contributed by atoms with Gasteiger partial charge in [0.1, 0.15) is 12.3 Å². The van der Waals surface area contributed by atoms with Crippen molar-refractivity contribution >= 4 is 40.9 Å². The van der Waals surface area contributed by atoms with Gasteiger partial charge in [0.15, 0.2) is 6.61 Å². The van der Waals surface area contributed by atoms with Crippen LogP contribution < -0.4 is 20.3 Å². The number of nitrogens with one attached hydrogen (secondary N) is 2. The minimum absolute atomic E-state index is 0.157. The van der Waals surface area contributed by atoms with Crippen LogP contribution in [0.5, 0.6) is 5.75 Å². The topological polar surface area (TPSA) is 87.7 Å². The van der Waals surface area contributed by atoms with E-state index in [1.165, 1.54) is 16.5 Å². The summed E-state index contributed by atoms with van der Waals surface area (Å²) in [6.07, 6.45) is 3.20. The molecule has 0 aromatic heterocycles. The summed E-state index contributed by atoms with van der Waals surface area (Å²) in [6, 6.07) is 22.1. The molecule has 0 spiro atoms. The maximum Gasteiger partial charge on any atom is 0.265 e. The van der Waals surface area contributed by atoms with Crippen molar-refractivity contribution in [1.29, 1.82) is 0 Å². The average molecular weight is 470 g/mol. The molecule has 0 saturated heterocycles. The van der Waals surface area contributed by atoms with Crippen LogP contribution in [0.3, 0.4) is 0 Å². The van der Waals surface area contributed by atoms with Gasteiger partial charge in [0.05, 0.1) is 5.69 Å². The molecule has 3 aromatic rings. The molecule has 1 heterocycles. The van der Waals surface area contributed by atoms with Crippen LogP contribution in [0.2, 0.25) is 0 Å². The van der Waals surface area contributed by atoms with Crippen molar-refractivity contribution in [3.8, 4) is 5.75 Å². The maximum absolute atomic E-state index is 12.6. The van der Waals surface area contributed by atoms with E-state index >= 15 is 0 Å². The molecule has 2 N–H and O–H groups in total. The summed E-state index contributed by atoms with van der Waals surface area (Å²) < 4.78 is 5.51. The summed E-state index contributed by atoms with van der Waals surface area (Å²) in [5, 5.41) is 5.58. The first-order valence-electron chi connectivity index (χ1n) is 11.4. The lowest BCUT2D eigenvalue weighted by Gasteiger charge is -2.29. The van der Waals surface area contributed by atoms with Crippen LogP contribution in [0.25, 0.3) is 6.08 Å². The third-order valence-corrected chi connectivity index (χ3v) is 5.56. The predicted octanol–water partition coefficient (Wildman–Crippen LogP) is 4.83. The second-order valence-corrected chi connectivity index (χ2v) is 8.51. The first-order valence-corrected chi connectivity index (χ1v) is 11.4. The number of anilines is 3. The van der Waals surface area contributed by atoms with Gasteiger partial charge in [0.25, 0.3) is 5.91 Å². The van der Waals surface area contributed by atoms with Crippen molar-refractivity contribution in [2.24, 2.45) is 0 Å². The molecule has 1 aliphatic rings. The fraction of sp³-hybridized carbons (Fsp3) is 0.179. The summed E-state index contributed by atoms with van der Waals surface area (Å²) in [5.74, 6) is -0.0717. The zero-order valence-electron chi connectivity index (χ0n) is 19.7. The lowest BCUT2D eigenvalue weighted by molar-refractivity contribution is -0.123. The number of benzene rings is 3. The Morgan fingerprint density at radius 1 is 0.971 bits per heavy atom. The summed E-state index contributed by atoms with van der Waals surface area (Å²) in [7, 11) is 0. The van der Waals surface area contributed by atoms with Crippen molar-refractivity contribution < 1.29 is 19.1 Å². The number of fused-ring (bicyclic) bond motifs is 1. The van der Waals surface area contributed by atoms with Gasteiger partial charge in [-0.3, -0.25) is 19.3 Å². The largest absolute Gasteiger partial charge is 0.482 e. The molecule has 0 atom stereocenters. The zero-order chi connectivity index (χ0) is 24.8. The number of carbonyl (C=O) groups excluding carboxylic acids is 3. The lowest BCUT2D eigenvalue weighted by Crippen LogP contribution is -2.43. The normalized spacial score (nSPS) is 12.9. The van der Waals surface area contributed by atoms with Crippen LogP contribution in [-0.4, -0.2) is 30.9 Å². The van der Waals surface area contributed by atoms with Crippen molar-refractivity contribution in [2.75, 3.05) is 28.7 Å². The minimum Gasteiger partial charge on any atom is -0.482 e. The van der Waals surface area contributed by atoms with E-state index in [4.69, 9.17) is 4.74 Å². The third-order valence-electron chi connectivity index (χ3n) is 5.56. The van der Waals surface area contributed by atoms with E-state index in [-0.39, 0.29) is 30.9 Å². The Morgan fingerprint density at radius 2 is 1.71 bits per heavy atom. The van der Waals surface area contributed by atoms with Crippen molar-refractivity contribution in [2.45, 2.75) is 19.8 Å². The number of hydrogen-bond donors (Lipinski definition) is 2. The molecule has 0 fully saturated rings. The second-order valence-electron chi connectivity index (χ2n) is 8.51. The number of para-hydroxylation sites is 1. The van der Waals surface area contributed by atoms with Gasteiger partial charge in [0.2, 0.25) is 11.8 Å². The minimum atomic E-state index is -0.339. The smallest absolute Gasteiger partial charge is 0.265 e. The van der Waals surface area contributed by atoms with Crippen LogP contribution in [0.1, 0.15) is 30.9 Å². The number of ether oxygens (including phenoxy) is 1. The summed E-state index contributed by atoms with van der Waals surface area (Å²) >= 11 is 0. The van der Waals surface area contributed by atoms with E-state index in [1.54, 1.807) is 36.4 Å². The Labute approximate surface area is 204 Å². The first-order chi connectivity index (χ1) is 16.9. The van der Waals surface area contributed by atoms with Crippen LogP contribution in [-0.2, 0) is 14.4 Å². The van der Waals surface area contributed by atoms with Gasteiger partial charge in [-0.15, -0.1) is 0 Å². The Kier molecular flexibility index (Phi) is 7.26. The molecule has 0 aliphatic carbocycles. The van der Waals surface area contributed by atoms with Gasteiger partial charge in [-0.1, -0.05) is 56.3 Å². The van der Waals surface area contributed by atoms with E-state index in [1.807, 2.05) is 42.5 Å². The average Bonchev–Trinajstić information content (AvgIpc) is 2.85. The van der Waals surface area contributed by atoms with Gasteiger partial charge >= 0.3 is 0 Å². The summed E-state index contributed by atoms with van der Waals surface area (Å²) in [6.45, 7) is 3.93. The molecule has 0 saturated carbocycles. The number of carbonyl (C=O) groups is 3. The number of amides is 3. The number of hydrogen-bond acceptors (Lipinski definition) is 4. The fourth-order valence-corrected chi connectivity index (χ4v) is 3.67. The molecule has 4 rings (SSSR count). The molecule has 7 nitrogen and oxygen atoms in total. The molecule has 178 valence electrons. The Balaban J connectivity index is 1.44. The van der Waals surface area contributed by atoms with Crippen molar-refractivity contribution in [3.63, 3.8) is 0 Å². The van der Waals surface area contributed by atoms with Crippen LogP contribution in [0.4, 0.5) is 17.1 Å². The molecule has 0 bridgehead atoms. The fourth-order valence-electron chi connectivity index (χ4n) is 3.67. The van der Waals surface area contributed by atoms with Crippen molar-refractivity contribution in [1.82, 2.24) is 0 Å². The molecular weight excluding hydrogens is 442 g/mol. The zero-order valence-corrected chi connectivity index (χ0v) is 19.7. The lowest BCUT2D eigenvalue weighted by atomic mass is 10.0. The highest BCUT2D eigenvalue weighted by atomic mass is 16.5. The van der Waals surface area contributed by atoms with Gasteiger partial charge in [-0.25, -0.2) is 0 Å². The second kappa shape index (κ2) is 10.7. The van der Waals surface area contributed by atoms with Crippen LogP contribution >= 0.6 is 0 Å². The molecule has 7 heteroatoms. The molecule has 1 aliphatic heterocycles. The van der Waals surface area contributed by atoms with E-state index in [2.05, 4.69) is 24.5 Å². The van der Waals surface area contributed by atoms with E-state index in [9.17, 15) is 14.4 Å². The highest BCUT2D eigenvalue weighted by Crippen LogP contribution is 2.34. The molecule has 3 aromatic carbocycles. The van der Waals surface area contributed by atoms with Gasteiger partial charge < -0.3 is 15.4 Å². The molecule has 35 heavy (non-hydrogen) atoms. The third kappa shape index (κ3) is 6.14. The van der Waals surface area contributed by atoms with Crippen molar-refractivity contribution in [3.05, 3.63) is 90.0 Å². The van der Waals surface area contributed by atoms with Gasteiger partial charge in [-0.2, -0.15) is 0 Å².